The number of hydrogen-bond donors (Lipinski definition) is 3. The van der Waals surface area contributed by atoms with E-state index in [9.17, 15) is 0 Å². The maximum absolute atomic E-state index is 3.78. The Balaban J connectivity index is 1.31. The molecule has 1 heterocycles. The molecule has 0 spiro atoms. The van der Waals surface area contributed by atoms with Gasteiger partial charge in [0.1, 0.15) is 0 Å². The molecule has 7 aromatic rings. The molecule has 1 aliphatic rings. The van der Waals surface area contributed by atoms with E-state index < -0.39 is 0 Å². The molecule has 8 rings (SSSR count). The van der Waals surface area contributed by atoms with Gasteiger partial charge in [0.2, 0.25) is 0 Å². The van der Waals surface area contributed by atoms with E-state index in [0.29, 0.717) is 0 Å². The molecule has 0 unspecified atom stereocenters. The van der Waals surface area contributed by atoms with E-state index in [2.05, 4.69) is 151 Å². The van der Waals surface area contributed by atoms with E-state index in [1.54, 1.807) is 0 Å². The van der Waals surface area contributed by atoms with Crippen molar-refractivity contribution in [1.29, 1.82) is 0 Å². The first-order valence-electron chi connectivity index (χ1n) is 14.5. The quantitative estimate of drug-likeness (QED) is 0.203. The van der Waals surface area contributed by atoms with Gasteiger partial charge in [-0.3, -0.25) is 0 Å². The Labute approximate surface area is 245 Å². The second-order valence-corrected chi connectivity index (χ2v) is 11.7. The molecule has 6 aromatic carbocycles. The van der Waals surface area contributed by atoms with Crippen molar-refractivity contribution in [1.82, 2.24) is 4.98 Å². The lowest BCUT2D eigenvalue weighted by atomic mass is 9.81. The van der Waals surface area contributed by atoms with Crippen molar-refractivity contribution in [3.8, 4) is 22.3 Å². The summed E-state index contributed by atoms with van der Waals surface area (Å²) in [6.07, 6.45) is 0. The highest BCUT2D eigenvalue weighted by Gasteiger charge is 2.35. The molecule has 0 bridgehead atoms. The van der Waals surface area contributed by atoms with Crippen molar-refractivity contribution in [2.45, 2.75) is 19.3 Å². The van der Waals surface area contributed by atoms with Gasteiger partial charge in [-0.15, -0.1) is 0 Å². The van der Waals surface area contributed by atoms with Crippen LogP contribution in [0, 0.1) is 0 Å². The number of anilines is 4. The fraction of sp³-hybridized carbons (Fsp3) is 0.0769. The maximum atomic E-state index is 3.78. The molecule has 1 aliphatic carbocycles. The Bertz CT molecular complexity index is 2100. The fourth-order valence-electron chi connectivity index (χ4n) is 6.63. The van der Waals surface area contributed by atoms with Gasteiger partial charge in [-0.05, 0) is 88.5 Å². The number of benzene rings is 6. The third-order valence-corrected chi connectivity index (χ3v) is 8.73. The van der Waals surface area contributed by atoms with Gasteiger partial charge in [0.25, 0.3) is 0 Å². The zero-order valence-electron chi connectivity index (χ0n) is 23.7. The first-order valence-corrected chi connectivity index (χ1v) is 14.5. The van der Waals surface area contributed by atoms with Crippen LogP contribution in [0.5, 0.6) is 0 Å². The van der Waals surface area contributed by atoms with Crippen LogP contribution in [0.25, 0.3) is 44.1 Å². The summed E-state index contributed by atoms with van der Waals surface area (Å²) >= 11 is 0. The smallest absolute Gasteiger partial charge is 0.0546 e. The summed E-state index contributed by atoms with van der Waals surface area (Å²) < 4.78 is 0. The van der Waals surface area contributed by atoms with Crippen LogP contribution < -0.4 is 10.6 Å². The van der Waals surface area contributed by atoms with Gasteiger partial charge in [0.15, 0.2) is 0 Å². The number of aromatic nitrogens is 1. The number of hydrogen-bond acceptors (Lipinski definition) is 2. The topological polar surface area (TPSA) is 39.9 Å². The van der Waals surface area contributed by atoms with Crippen molar-refractivity contribution in [3.05, 3.63) is 145 Å². The van der Waals surface area contributed by atoms with Gasteiger partial charge in [0, 0.05) is 50.0 Å². The molecule has 0 amide bonds. The summed E-state index contributed by atoms with van der Waals surface area (Å²) in [4.78, 5) is 3.78. The van der Waals surface area contributed by atoms with Crippen LogP contribution >= 0.6 is 0 Å². The zero-order chi connectivity index (χ0) is 28.3. The number of para-hydroxylation sites is 2. The standard InChI is InChI=1S/C39H31N3/c1-39(2)35-16-10-9-15-30(35)31-19-17-25(21-36(31)39)32-23-29(41-27-13-7-4-8-14-27)24-34-33-22-28(18-20-37(33)42-38(32)34)40-26-11-5-3-6-12-26/h3-24,40-42H,1-2H3. The maximum Gasteiger partial charge on any atom is 0.0546 e. The van der Waals surface area contributed by atoms with Crippen LogP contribution in [0.4, 0.5) is 22.7 Å². The summed E-state index contributed by atoms with van der Waals surface area (Å²) in [7, 11) is 0. The molecule has 3 heteroatoms. The lowest BCUT2D eigenvalue weighted by Crippen LogP contribution is -2.14. The van der Waals surface area contributed by atoms with Crippen LogP contribution in [0.1, 0.15) is 25.0 Å². The van der Waals surface area contributed by atoms with Crippen LogP contribution in [0.3, 0.4) is 0 Å². The molecule has 202 valence electrons. The normalized spacial score (nSPS) is 13.2. The SMILES string of the molecule is CC1(C)c2ccccc2-c2ccc(-c3cc(Nc4ccccc4)cc4c3[nH]c3ccc(Nc5ccccc5)cc34)cc21. The second kappa shape index (κ2) is 9.39. The van der Waals surface area contributed by atoms with Gasteiger partial charge < -0.3 is 15.6 Å². The number of nitrogens with one attached hydrogen (secondary N) is 3. The Hall–Kier alpha value is -5.28. The van der Waals surface area contributed by atoms with Crippen LogP contribution in [0.15, 0.2) is 133 Å². The highest BCUT2D eigenvalue weighted by Crippen LogP contribution is 2.50. The molecule has 42 heavy (non-hydrogen) atoms. The number of aromatic amines is 1. The van der Waals surface area contributed by atoms with Gasteiger partial charge in [-0.2, -0.15) is 0 Å². The van der Waals surface area contributed by atoms with E-state index in [1.807, 2.05) is 12.1 Å². The monoisotopic (exact) mass is 541 g/mol. The molecule has 3 N–H and O–H groups in total. The van der Waals surface area contributed by atoms with E-state index in [0.717, 1.165) is 33.8 Å². The second-order valence-electron chi connectivity index (χ2n) is 11.7. The van der Waals surface area contributed by atoms with E-state index in [1.165, 1.54) is 44.2 Å². The number of fused-ring (bicyclic) bond motifs is 6. The Morgan fingerprint density at radius 2 is 1.12 bits per heavy atom. The molecular formula is C39H31N3. The highest BCUT2D eigenvalue weighted by atomic mass is 14.9. The average Bonchev–Trinajstić information content (AvgIpc) is 3.49. The molecule has 0 radical (unpaired) electrons. The molecule has 0 aliphatic heterocycles. The highest BCUT2D eigenvalue weighted by molar-refractivity contribution is 6.14. The van der Waals surface area contributed by atoms with Gasteiger partial charge in [-0.1, -0.05) is 86.6 Å². The summed E-state index contributed by atoms with van der Waals surface area (Å²) in [5, 5.41) is 9.62. The minimum Gasteiger partial charge on any atom is -0.356 e. The molecule has 0 saturated carbocycles. The predicted molar refractivity (Wildman–Crippen MR) is 178 cm³/mol. The molecule has 1 aromatic heterocycles. The first kappa shape index (κ1) is 24.5. The van der Waals surface area contributed by atoms with Crippen molar-refractivity contribution in [3.63, 3.8) is 0 Å². The molecule has 0 atom stereocenters. The van der Waals surface area contributed by atoms with Crippen molar-refractivity contribution >= 4 is 44.6 Å². The van der Waals surface area contributed by atoms with Crippen LogP contribution in [-0.4, -0.2) is 4.98 Å². The lowest BCUT2D eigenvalue weighted by Gasteiger charge is -2.22. The summed E-state index contributed by atoms with van der Waals surface area (Å²) in [6.45, 7) is 4.68. The molecular weight excluding hydrogens is 510 g/mol. The van der Waals surface area contributed by atoms with E-state index >= 15 is 0 Å². The van der Waals surface area contributed by atoms with Crippen LogP contribution in [0.2, 0.25) is 0 Å². The molecule has 0 saturated heterocycles. The summed E-state index contributed by atoms with van der Waals surface area (Å²) in [5.74, 6) is 0. The molecule has 3 nitrogen and oxygen atoms in total. The first-order chi connectivity index (χ1) is 20.5. The lowest BCUT2D eigenvalue weighted by molar-refractivity contribution is 0.660. The van der Waals surface area contributed by atoms with Crippen molar-refractivity contribution < 1.29 is 0 Å². The Kier molecular flexibility index (Phi) is 5.48. The predicted octanol–water partition coefficient (Wildman–Crippen LogP) is 10.8. The van der Waals surface area contributed by atoms with E-state index in [4.69, 9.17) is 0 Å². The van der Waals surface area contributed by atoms with Gasteiger partial charge in [-0.25, -0.2) is 0 Å². The van der Waals surface area contributed by atoms with Crippen molar-refractivity contribution in [2.24, 2.45) is 0 Å². The third kappa shape index (κ3) is 3.97. The number of H-pyrrole nitrogens is 1. The fourth-order valence-corrected chi connectivity index (χ4v) is 6.63. The summed E-state index contributed by atoms with van der Waals surface area (Å²) in [5.41, 5.74) is 14.3. The van der Waals surface area contributed by atoms with Crippen molar-refractivity contribution in [2.75, 3.05) is 10.6 Å². The average molecular weight is 542 g/mol. The minimum absolute atomic E-state index is 0.0561. The Morgan fingerprint density at radius 1 is 0.476 bits per heavy atom. The largest absolute Gasteiger partial charge is 0.356 e. The molecule has 0 fully saturated rings. The third-order valence-electron chi connectivity index (χ3n) is 8.73. The van der Waals surface area contributed by atoms with Gasteiger partial charge in [0.05, 0.1) is 5.52 Å². The summed E-state index contributed by atoms with van der Waals surface area (Å²) in [6, 6.07) is 47.7. The minimum atomic E-state index is -0.0561. The Morgan fingerprint density at radius 3 is 1.88 bits per heavy atom. The number of rotatable bonds is 5. The van der Waals surface area contributed by atoms with Gasteiger partial charge >= 0.3 is 0 Å². The zero-order valence-corrected chi connectivity index (χ0v) is 23.7. The van der Waals surface area contributed by atoms with E-state index in [-0.39, 0.29) is 5.41 Å². The van der Waals surface area contributed by atoms with Crippen LogP contribution in [-0.2, 0) is 5.41 Å².